The third-order valence-corrected chi connectivity index (χ3v) is 2.47. The van der Waals surface area contributed by atoms with Crippen molar-refractivity contribution < 1.29 is 4.74 Å². The lowest BCUT2D eigenvalue weighted by Gasteiger charge is -2.10. The van der Waals surface area contributed by atoms with Gasteiger partial charge in [0.2, 0.25) is 5.96 Å². The maximum absolute atomic E-state index is 5.58. The summed E-state index contributed by atoms with van der Waals surface area (Å²) in [4.78, 5) is 7.86. The molecule has 1 aromatic carbocycles. The molecule has 0 aliphatic rings. The highest BCUT2D eigenvalue weighted by molar-refractivity contribution is 5.92. The molecule has 0 radical (unpaired) electrons. The molecule has 6 heteroatoms. The minimum absolute atomic E-state index is 0.0657. The zero-order chi connectivity index (χ0) is 13.7. The maximum atomic E-state index is 5.58. The van der Waals surface area contributed by atoms with Crippen LogP contribution in [-0.2, 0) is 0 Å². The normalized spacial score (nSPS) is 12.9. The van der Waals surface area contributed by atoms with Crippen LogP contribution in [0.15, 0.2) is 28.2 Å². The van der Waals surface area contributed by atoms with Gasteiger partial charge in [0.1, 0.15) is 5.75 Å². The van der Waals surface area contributed by atoms with Gasteiger partial charge in [0, 0.05) is 0 Å². The van der Waals surface area contributed by atoms with Crippen LogP contribution in [0.2, 0.25) is 0 Å². The molecular weight excluding hydrogens is 230 g/mol. The van der Waals surface area contributed by atoms with Crippen LogP contribution in [-0.4, -0.2) is 19.0 Å². The zero-order valence-corrected chi connectivity index (χ0v) is 10.8. The summed E-state index contributed by atoms with van der Waals surface area (Å²) in [5.74, 6) is 0.803. The van der Waals surface area contributed by atoms with Crippen molar-refractivity contribution in [2.75, 3.05) is 7.11 Å². The molecule has 0 saturated carbocycles. The minimum Gasteiger partial charge on any atom is -0.496 e. The van der Waals surface area contributed by atoms with E-state index in [-0.39, 0.29) is 18.0 Å². The van der Waals surface area contributed by atoms with Crippen LogP contribution in [0.3, 0.4) is 0 Å². The summed E-state index contributed by atoms with van der Waals surface area (Å²) < 4.78 is 5.20. The largest absolute Gasteiger partial charge is 0.496 e. The average molecular weight is 249 g/mol. The molecule has 0 aliphatic heterocycles. The van der Waals surface area contributed by atoms with Crippen LogP contribution >= 0.6 is 0 Å². The van der Waals surface area contributed by atoms with Gasteiger partial charge in [-0.25, -0.2) is 4.99 Å². The summed E-state index contributed by atoms with van der Waals surface area (Å²) in [6, 6.07) is 5.70. The Bertz CT molecular complexity index is 477. The number of methoxy groups -OCH3 is 1. The Kier molecular flexibility index (Phi) is 4.53. The first-order valence-electron chi connectivity index (χ1n) is 5.51. The molecule has 0 amide bonds. The Morgan fingerprint density at radius 2 is 1.94 bits per heavy atom. The van der Waals surface area contributed by atoms with Crippen molar-refractivity contribution in [2.24, 2.45) is 27.2 Å². The van der Waals surface area contributed by atoms with Crippen LogP contribution in [0.4, 0.5) is 0 Å². The summed E-state index contributed by atoms with van der Waals surface area (Å²) in [7, 11) is 1.64. The molecule has 1 aromatic rings. The van der Waals surface area contributed by atoms with Crippen molar-refractivity contribution >= 4 is 11.9 Å². The van der Waals surface area contributed by atoms with Gasteiger partial charge in [0.05, 0.1) is 13.2 Å². The number of guanidine groups is 2. The predicted octanol–water partition coefficient (Wildman–Crippen LogP) is 0.653. The van der Waals surface area contributed by atoms with E-state index in [1.54, 1.807) is 7.11 Å². The number of nitrogens with two attached hydrogens (primary N) is 3. The van der Waals surface area contributed by atoms with Crippen molar-refractivity contribution in [3.05, 3.63) is 29.3 Å². The van der Waals surface area contributed by atoms with E-state index in [9.17, 15) is 0 Å². The van der Waals surface area contributed by atoms with E-state index < -0.39 is 0 Å². The molecule has 1 atom stereocenters. The fraction of sp³-hybridized carbons (Fsp3) is 0.333. The standard InChI is InChI=1S/C12H19N5O/c1-7-6-9(4-5-10(7)18-3)8(2)16-12(15)17-11(13)14/h4-6,8H,1-3H3,(H6,13,14,15,16,17). The molecule has 18 heavy (non-hydrogen) atoms. The van der Waals surface area contributed by atoms with Crippen LogP contribution in [0.1, 0.15) is 24.1 Å². The van der Waals surface area contributed by atoms with E-state index in [0.29, 0.717) is 0 Å². The van der Waals surface area contributed by atoms with Gasteiger partial charge < -0.3 is 21.9 Å². The molecule has 0 spiro atoms. The lowest BCUT2D eigenvalue weighted by molar-refractivity contribution is 0.411. The van der Waals surface area contributed by atoms with Gasteiger partial charge in [-0.3, -0.25) is 0 Å². The predicted molar refractivity (Wildman–Crippen MR) is 73.6 cm³/mol. The Morgan fingerprint density at radius 1 is 1.28 bits per heavy atom. The molecule has 1 rings (SSSR count). The smallest absolute Gasteiger partial charge is 0.219 e. The second-order valence-corrected chi connectivity index (χ2v) is 3.93. The number of hydrogen-bond donors (Lipinski definition) is 3. The van der Waals surface area contributed by atoms with E-state index in [4.69, 9.17) is 21.9 Å². The summed E-state index contributed by atoms with van der Waals surface area (Å²) in [6.45, 7) is 3.88. The number of aryl methyl sites for hydroxylation is 1. The van der Waals surface area contributed by atoms with E-state index in [2.05, 4.69) is 9.98 Å². The monoisotopic (exact) mass is 249 g/mol. The van der Waals surface area contributed by atoms with Gasteiger partial charge in [-0.1, -0.05) is 12.1 Å². The van der Waals surface area contributed by atoms with Crippen molar-refractivity contribution in [2.45, 2.75) is 19.9 Å². The third kappa shape index (κ3) is 3.65. The second-order valence-electron chi connectivity index (χ2n) is 3.93. The molecule has 6 N–H and O–H groups in total. The molecule has 0 aliphatic carbocycles. The van der Waals surface area contributed by atoms with Gasteiger partial charge in [-0.05, 0) is 31.0 Å². The highest BCUT2D eigenvalue weighted by Gasteiger charge is 2.07. The molecule has 0 aromatic heterocycles. The SMILES string of the molecule is COc1ccc(C(C)N=C(N)N=C(N)N)cc1C. The van der Waals surface area contributed by atoms with Gasteiger partial charge in [-0.15, -0.1) is 0 Å². The zero-order valence-electron chi connectivity index (χ0n) is 10.8. The first-order valence-corrected chi connectivity index (χ1v) is 5.51. The molecule has 0 fully saturated rings. The molecule has 1 unspecified atom stereocenters. The summed E-state index contributed by atoms with van der Waals surface area (Å²) in [5, 5.41) is 0. The molecule has 0 bridgehead atoms. The number of hydrogen-bond acceptors (Lipinski definition) is 2. The first kappa shape index (κ1) is 13.8. The topological polar surface area (TPSA) is 112 Å². The summed E-state index contributed by atoms with van der Waals surface area (Å²) >= 11 is 0. The van der Waals surface area contributed by atoms with Crippen molar-refractivity contribution in [3.8, 4) is 5.75 Å². The van der Waals surface area contributed by atoms with Crippen molar-refractivity contribution in [1.29, 1.82) is 0 Å². The average Bonchev–Trinajstić information content (AvgIpc) is 2.27. The highest BCUT2D eigenvalue weighted by atomic mass is 16.5. The molecule has 98 valence electrons. The Hall–Kier alpha value is -2.24. The van der Waals surface area contributed by atoms with E-state index >= 15 is 0 Å². The lowest BCUT2D eigenvalue weighted by Crippen LogP contribution is -2.26. The van der Waals surface area contributed by atoms with Gasteiger partial charge in [-0.2, -0.15) is 4.99 Å². The lowest BCUT2D eigenvalue weighted by atomic mass is 10.1. The Labute approximate surface area is 107 Å². The van der Waals surface area contributed by atoms with Gasteiger partial charge in [0.15, 0.2) is 5.96 Å². The quantitative estimate of drug-likeness (QED) is 0.539. The number of aliphatic imine (C=N–C) groups is 2. The van der Waals surface area contributed by atoms with Crippen LogP contribution < -0.4 is 21.9 Å². The van der Waals surface area contributed by atoms with Gasteiger partial charge >= 0.3 is 0 Å². The second kappa shape index (κ2) is 5.90. The number of ether oxygens (including phenoxy) is 1. The van der Waals surface area contributed by atoms with Gasteiger partial charge in [0.25, 0.3) is 0 Å². The minimum atomic E-state index is -0.127. The van der Waals surface area contributed by atoms with E-state index in [1.807, 2.05) is 32.0 Å². The molecular formula is C12H19N5O. The fourth-order valence-corrected chi connectivity index (χ4v) is 1.60. The Morgan fingerprint density at radius 3 is 2.44 bits per heavy atom. The van der Waals surface area contributed by atoms with Crippen LogP contribution in [0.25, 0.3) is 0 Å². The fourth-order valence-electron chi connectivity index (χ4n) is 1.60. The molecule has 0 saturated heterocycles. The molecule has 6 nitrogen and oxygen atoms in total. The number of nitrogens with zero attached hydrogens (tertiary/aromatic N) is 2. The van der Waals surface area contributed by atoms with Crippen molar-refractivity contribution in [3.63, 3.8) is 0 Å². The third-order valence-electron chi connectivity index (χ3n) is 2.47. The first-order chi connectivity index (χ1) is 8.43. The number of benzene rings is 1. The van der Waals surface area contributed by atoms with E-state index in [1.165, 1.54) is 0 Å². The summed E-state index contributed by atoms with van der Waals surface area (Å²) in [5.41, 5.74) is 18.1. The van der Waals surface area contributed by atoms with Crippen LogP contribution in [0.5, 0.6) is 5.75 Å². The maximum Gasteiger partial charge on any atom is 0.219 e. The highest BCUT2D eigenvalue weighted by Crippen LogP contribution is 2.24. The van der Waals surface area contributed by atoms with Crippen LogP contribution in [0, 0.1) is 6.92 Å². The number of rotatable bonds is 3. The van der Waals surface area contributed by atoms with Crippen molar-refractivity contribution in [1.82, 2.24) is 0 Å². The Balaban J connectivity index is 2.94. The van der Waals surface area contributed by atoms with E-state index in [0.717, 1.165) is 16.9 Å². The summed E-state index contributed by atoms with van der Waals surface area (Å²) in [6.07, 6.45) is 0. The molecule has 0 heterocycles.